The van der Waals surface area contributed by atoms with E-state index in [-0.39, 0.29) is 0 Å². The zero-order valence-corrected chi connectivity index (χ0v) is 8.03. The summed E-state index contributed by atoms with van der Waals surface area (Å²) in [5.41, 5.74) is 0.905. The molecular weight excluding hydrogens is 176 g/mol. The molecule has 1 aromatic carbocycles. The topological polar surface area (TPSA) is 45.0 Å². The molecule has 1 aromatic rings. The van der Waals surface area contributed by atoms with E-state index < -0.39 is 0 Å². The van der Waals surface area contributed by atoms with Gasteiger partial charge in [-0.3, -0.25) is 0 Å². The molecule has 0 saturated carbocycles. The molecule has 0 aliphatic rings. The van der Waals surface area contributed by atoms with E-state index in [1.807, 2.05) is 43.3 Å². The van der Waals surface area contributed by atoms with Crippen LogP contribution in [-0.2, 0) is 4.74 Å². The second-order valence-electron chi connectivity index (χ2n) is 2.56. The quantitative estimate of drug-likeness (QED) is 0.583. The van der Waals surface area contributed by atoms with E-state index in [4.69, 9.17) is 10.00 Å². The lowest BCUT2D eigenvalue weighted by Crippen LogP contribution is -2.03. The molecule has 0 unspecified atom stereocenters. The molecule has 0 saturated heterocycles. The minimum absolute atomic E-state index is 0.473. The largest absolute Gasteiger partial charge is 0.479 e. The number of rotatable bonds is 4. The molecular formula is C11H12N2O. The molecule has 0 atom stereocenters. The van der Waals surface area contributed by atoms with Crippen molar-refractivity contribution in [3.63, 3.8) is 0 Å². The Hall–Kier alpha value is -1.95. The highest BCUT2D eigenvalue weighted by Gasteiger charge is 1.96. The standard InChI is InChI=1S/C11H12N2O/c1-2-14-11(8-9-12)13-10-6-4-3-5-7-10/h3-8,13H,2H2,1H3/b11-8+. The summed E-state index contributed by atoms with van der Waals surface area (Å²) in [6, 6.07) is 11.5. The Labute approximate surface area is 83.6 Å². The average Bonchev–Trinajstić information content (AvgIpc) is 2.20. The lowest BCUT2D eigenvalue weighted by Gasteiger charge is -2.09. The molecule has 1 rings (SSSR count). The van der Waals surface area contributed by atoms with Gasteiger partial charge >= 0.3 is 0 Å². The normalized spacial score (nSPS) is 10.4. The molecule has 0 aliphatic heterocycles. The van der Waals surface area contributed by atoms with Crippen LogP contribution in [0.1, 0.15) is 6.92 Å². The van der Waals surface area contributed by atoms with Gasteiger partial charge in [0.25, 0.3) is 0 Å². The van der Waals surface area contributed by atoms with Gasteiger partial charge < -0.3 is 10.1 Å². The first-order valence-electron chi connectivity index (χ1n) is 4.41. The van der Waals surface area contributed by atoms with E-state index in [1.54, 1.807) is 0 Å². The van der Waals surface area contributed by atoms with Gasteiger partial charge in [-0.1, -0.05) is 18.2 Å². The summed E-state index contributed by atoms with van der Waals surface area (Å²) in [5.74, 6) is 0.473. The number of anilines is 1. The van der Waals surface area contributed by atoms with E-state index in [2.05, 4.69) is 5.32 Å². The number of benzene rings is 1. The number of hydrogen-bond acceptors (Lipinski definition) is 3. The van der Waals surface area contributed by atoms with Crippen molar-refractivity contribution in [3.8, 4) is 6.07 Å². The van der Waals surface area contributed by atoms with Gasteiger partial charge in [0.2, 0.25) is 5.88 Å². The fourth-order valence-electron chi connectivity index (χ4n) is 0.992. The third kappa shape index (κ3) is 3.20. The van der Waals surface area contributed by atoms with Crippen molar-refractivity contribution in [3.05, 3.63) is 42.3 Å². The van der Waals surface area contributed by atoms with E-state index >= 15 is 0 Å². The molecule has 14 heavy (non-hydrogen) atoms. The molecule has 0 spiro atoms. The van der Waals surface area contributed by atoms with Gasteiger partial charge in [-0.25, -0.2) is 0 Å². The van der Waals surface area contributed by atoms with Gasteiger partial charge in [0.15, 0.2) is 0 Å². The maximum Gasteiger partial charge on any atom is 0.201 e. The third-order valence-corrected chi connectivity index (χ3v) is 1.54. The van der Waals surface area contributed by atoms with Crippen LogP contribution in [0.4, 0.5) is 5.69 Å². The number of para-hydroxylation sites is 1. The number of nitriles is 1. The second kappa shape index (κ2) is 5.65. The SMILES string of the molecule is CCO/C(=C/C#N)Nc1ccccc1. The fourth-order valence-corrected chi connectivity index (χ4v) is 0.992. The van der Waals surface area contributed by atoms with Crippen molar-refractivity contribution in [2.24, 2.45) is 0 Å². The zero-order valence-electron chi connectivity index (χ0n) is 8.03. The maximum absolute atomic E-state index is 8.49. The van der Waals surface area contributed by atoms with Crippen LogP contribution in [0.3, 0.4) is 0 Å². The molecule has 3 nitrogen and oxygen atoms in total. The predicted molar refractivity (Wildman–Crippen MR) is 55.4 cm³/mol. The fraction of sp³-hybridized carbons (Fsp3) is 0.182. The monoisotopic (exact) mass is 188 g/mol. The molecule has 72 valence electrons. The first-order valence-corrected chi connectivity index (χ1v) is 4.41. The van der Waals surface area contributed by atoms with Gasteiger partial charge in [0, 0.05) is 5.69 Å². The first-order chi connectivity index (χ1) is 6.86. The number of hydrogen-bond donors (Lipinski definition) is 1. The van der Waals surface area contributed by atoms with Crippen LogP contribution in [0.15, 0.2) is 42.3 Å². The Kier molecular flexibility index (Phi) is 4.09. The Balaban J connectivity index is 2.66. The molecule has 0 radical (unpaired) electrons. The molecule has 0 fully saturated rings. The molecule has 0 aromatic heterocycles. The zero-order chi connectivity index (χ0) is 10.2. The highest BCUT2D eigenvalue weighted by molar-refractivity contribution is 5.47. The van der Waals surface area contributed by atoms with Crippen molar-refractivity contribution in [2.45, 2.75) is 6.92 Å². The second-order valence-corrected chi connectivity index (χ2v) is 2.56. The van der Waals surface area contributed by atoms with Crippen LogP contribution in [-0.4, -0.2) is 6.61 Å². The molecule has 0 bridgehead atoms. The van der Waals surface area contributed by atoms with Crippen molar-refractivity contribution in [1.82, 2.24) is 0 Å². The Morgan fingerprint density at radius 2 is 2.21 bits per heavy atom. The maximum atomic E-state index is 8.49. The third-order valence-electron chi connectivity index (χ3n) is 1.54. The molecule has 3 heteroatoms. The van der Waals surface area contributed by atoms with Crippen molar-refractivity contribution in [1.29, 1.82) is 5.26 Å². The molecule has 0 aliphatic carbocycles. The van der Waals surface area contributed by atoms with Crippen LogP contribution < -0.4 is 5.32 Å². The highest BCUT2D eigenvalue weighted by atomic mass is 16.5. The summed E-state index contributed by atoms with van der Waals surface area (Å²) in [7, 11) is 0. The number of nitrogens with one attached hydrogen (secondary N) is 1. The average molecular weight is 188 g/mol. The lowest BCUT2D eigenvalue weighted by atomic mass is 10.3. The summed E-state index contributed by atoms with van der Waals surface area (Å²) in [6.07, 6.45) is 1.34. The van der Waals surface area contributed by atoms with Gasteiger partial charge in [-0.2, -0.15) is 5.26 Å². The van der Waals surface area contributed by atoms with Gasteiger partial charge in [0.1, 0.15) is 0 Å². The summed E-state index contributed by atoms with van der Waals surface area (Å²) < 4.78 is 5.21. The minimum Gasteiger partial charge on any atom is -0.479 e. The van der Waals surface area contributed by atoms with Gasteiger partial charge in [-0.15, -0.1) is 0 Å². The van der Waals surface area contributed by atoms with Crippen LogP contribution in [0, 0.1) is 11.3 Å². The Morgan fingerprint density at radius 3 is 2.79 bits per heavy atom. The van der Waals surface area contributed by atoms with E-state index in [1.165, 1.54) is 6.08 Å². The summed E-state index contributed by atoms with van der Waals surface area (Å²) in [5, 5.41) is 11.5. The number of nitrogens with zero attached hydrogens (tertiary/aromatic N) is 1. The Bertz CT molecular complexity index is 338. The van der Waals surface area contributed by atoms with Gasteiger partial charge in [0.05, 0.1) is 18.8 Å². The Morgan fingerprint density at radius 1 is 1.50 bits per heavy atom. The smallest absolute Gasteiger partial charge is 0.201 e. The molecule has 0 amide bonds. The number of allylic oxidation sites excluding steroid dienone is 1. The van der Waals surface area contributed by atoms with E-state index in [0.29, 0.717) is 12.5 Å². The molecule has 0 heterocycles. The van der Waals surface area contributed by atoms with Crippen LogP contribution >= 0.6 is 0 Å². The molecule has 1 N–H and O–H groups in total. The van der Waals surface area contributed by atoms with Crippen LogP contribution in [0.5, 0.6) is 0 Å². The summed E-state index contributed by atoms with van der Waals surface area (Å²) in [4.78, 5) is 0. The van der Waals surface area contributed by atoms with Gasteiger partial charge in [-0.05, 0) is 19.1 Å². The van der Waals surface area contributed by atoms with Crippen molar-refractivity contribution in [2.75, 3.05) is 11.9 Å². The van der Waals surface area contributed by atoms with Crippen LogP contribution in [0.2, 0.25) is 0 Å². The van der Waals surface area contributed by atoms with Crippen LogP contribution in [0.25, 0.3) is 0 Å². The lowest BCUT2D eigenvalue weighted by molar-refractivity contribution is 0.235. The predicted octanol–water partition coefficient (Wildman–Crippen LogP) is 2.50. The number of ether oxygens (including phenoxy) is 1. The summed E-state index contributed by atoms with van der Waals surface area (Å²) >= 11 is 0. The van der Waals surface area contributed by atoms with Crippen molar-refractivity contribution < 1.29 is 4.74 Å². The van der Waals surface area contributed by atoms with E-state index in [0.717, 1.165) is 5.69 Å². The van der Waals surface area contributed by atoms with Crippen molar-refractivity contribution >= 4 is 5.69 Å². The first kappa shape index (κ1) is 10.1. The minimum atomic E-state index is 0.473. The highest BCUT2D eigenvalue weighted by Crippen LogP contribution is 2.09. The summed E-state index contributed by atoms with van der Waals surface area (Å²) in [6.45, 7) is 2.41. The van der Waals surface area contributed by atoms with E-state index in [9.17, 15) is 0 Å².